The molecule has 1 aromatic carbocycles. The predicted octanol–water partition coefficient (Wildman–Crippen LogP) is 2.29. The maximum absolute atomic E-state index is 13.9. The van der Waals surface area contributed by atoms with E-state index in [1.807, 2.05) is 6.92 Å². The van der Waals surface area contributed by atoms with Crippen molar-refractivity contribution in [1.82, 2.24) is 9.97 Å². The van der Waals surface area contributed by atoms with Gasteiger partial charge in [0.1, 0.15) is 17.4 Å². The minimum absolute atomic E-state index is 0.108. The Labute approximate surface area is 105 Å². The number of nitrogens with zero attached hydrogens (tertiary/aromatic N) is 1. The lowest BCUT2D eigenvalue weighted by molar-refractivity contribution is 0.413. The third-order valence-electron chi connectivity index (χ3n) is 2.88. The molecule has 4 nitrogen and oxygen atoms in total. The molecule has 2 rings (SSSR count). The second-order valence-electron chi connectivity index (χ2n) is 4.14. The van der Waals surface area contributed by atoms with Crippen LogP contribution in [0.5, 0.6) is 5.75 Å². The predicted molar refractivity (Wildman–Crippen MR) is 68.0 cm³/mol. The lowest BCUT2D eigenvalue weighted by Crippen LogP contribution is -2.10. The summed E-state index contributed by atoms with van der Waals surface area (Å²) in [5.41, 5.74) is 6.57. The molecule has 0 fully saturated rings. The molecule has 5 heteroatoms. The lowest BCUT2D eigenvalue weighted by atomic mass is 10.1. The van der Waals surface area contributed by atoms with Gasteiger partial charge in [0.25, 0.3) is 0 Å². The Hall–Kier alpha value is -1.88. The van der Waals surface area contributed by atoms with Gasteiger partial charge in [-0.25, -0.2) is 9.37 Å². The van der Waals surface area contributed by atoms with Crippen molar-refractivity contribution in [3.8, 4) is 17.0 Å². The zero-order chi connectivity index (χ0) is 13.1. The molecule has 3 N–H and O–H groups in total. The summed E-state index contributed by atoms with van der Waals surface area (Å²) in [6.45, 7) is 2.45. The van der Waals surface area contributed by atoms with E-state index in [-0.39, 0.29) is 11.7 Å². The van der Waals surface area contributed by atoms with Crippen LogP contribution in [0, 0.1) is 5.82 Å². The number of hydrogen-bond donors (Lipinski definition) is 2. The summed E-state index contributed by atoms with van der Waals surface area (Å²) >= 11 is 0. The Balaban J connectivity index is 2.46. The van der Waals surface area contributed by atoms with Gasteiger partial charge in [-0.05, 0) is 12.1 Å². The first kappa shape index (κ1) is 12.6. The number of rotatable bonds is 4. The number of aromatic amines is 1. The number of nitrogens with two attached hydrogens (primary N) is 1. The van der Waals surface area contributed by atoms with Crippen LogP contribution in [0.2, 0.25) is 0 Å². The number of halogens is 1. The Morgan fingerprint density at radius 1 is 1.50 bits per heavy atom. The summed E-state index contributed by atoms with van der Waals surface area (Å²) < 4.78 is 19.0. The Kier molecular flexibility index (Phi) is 3.62. The number of nitrogens with one attached hydrogen (secondary N) is 1. The van der Waals surface area contributed by atoms with E-state index in [2.05, 4.69) is 9.97 Å². The van der Waals surface area contributed by atoms with E-state index in [1.54, 1.807) is 18.3 Å². The number of benzene rings is 1. The Morgan fingerprint density at radius 2 is 2.28 bits per heavy atom. The molecule has 1 unspecified atom stereocenters. The van der Waals surface area contributed by atoms with E-state index >= 15 is 0 Å². The van der Waals surface area contributed by atoms with Gasteiger partial charge in [0.05, 0.1) is 24.6 Å². The average Bonchev–Trinajstić information content (AvgIpc) is 2.86. The zero-order valence-corrected chi connectivity index (χ0v) is 10.4. The molecular formula is C13H16FN3O. The van der Waals surface area contributed by atoms with Crippen LogP contribution in [-0.2, 0) is 0 Å². The quantitative estimate of drug-likeness (QED) is 0.873. The lowest BCUT2D eigenvalue weighted by Gasteiger charge is -2.08. The van der Waals surface area contributed by atoms with E-state index in [1.165, 1.54) is 13.2 Å². The third kappa shape index (κ3) is 2.22. The van der Waals surface area contributed by atoms with E-state index in [0.29, 0.717) is 23.6 Å². The van der Waals surface area contributed by atoms with Crippen LogP contribution in [0.25, 0.3) is 11.3 Å². The fraction of sp³-hybridized carbons (Fsp3) is 0.308. The van der Waals surface area contributed by atoms with E-state index in [4.69, 9.17) is 10.5 Å². The van der Waals surface area contributed by atoms with Crippen molar-refractivity contribution in [2.24, 2.45) is 5.73 Å². The van der Waals surface area contributed by atoms with Crippen molar-refractivity contribution in [3.05, 3.63) is 36.0 Å². The highest BCUT2D eigenvalue weighted by molar-refractivity contribution is 5.67. The van der Waals surface area contributed by atoms with Crippen molar-refractivity contribution in [1.29, 1.82) is 0 Å². The minimum atomic E-state index is -0.343. The first-order valence-corrected chi connectivity index (χ1v) is 5.75. The number of hydrogen-bond acceptors (Lipinski definition) is 3. The van der Waals surface area contributed by atoms with Gasteiger partial charge in [0.15, 0.2) is 0 Å². The third-order valence-corrected chi connectivity index (χ3v) is 2.88. The van der Waals surface area contributed by atoms with Crippen LogP contribution in [0.4, 0.5) is 4.39 Å². The fourth-order valence-electron chi connectivity index (χ4n) is 1.76. The topological polar surface area (TPSA) is 63.9 Å². The van der Waals surface area contributed by atoms with Gasteiger partial charge in [0, 0.05) is 12.5 Å². The number of methoxy groups -OCH3 is 1. The molecule has 2 aromatic rings. The maximum Gasteiger partial charge on any atom is 0.136 e. The molecule has 0 aliphatic heterocycles. The van der Waals surface area contributed by atoms with Gasteiger partial charge in [-0.1, -0.05) is 13.0 Å². The summed E-state index contributed by atoms with van der Waals surface area (Å²) in [6.07, 6.45) is 1.60. The van der Waals surface area contributed by atoms with Gasteiger partial charge in [0.2, 0.25) is 0 Å². The van der Waals surface area contributed by atoms with Crippen LogP contribution in [0.3, 0.4) is 0 Å². The summed E-state index contributed by atoms with van der Waals surface area (Å²) in [7, 11) is 1.51. The maximum atomic E-state index is 13.9. The van der Waals surface area contributed by atoms with Gasteiger partial charge < -0.3 is 15.5 Å². The van der Waals surface area contributed by atoms with Crippen molar-refractivity contribution in [2.75, 3.05) is 13.7 Å². The van der Waals surface area contributed by atoms with Crippen molar-refractivity contribution < 1.29 is 9.13 Å². The molecule has 0 spiro atoms. The molecule has 0 aliphatic rings. The highest BCUT2D eigenvalue weighted by Gasteiger charge is 2.15. The van der Waals surface area contributed by atoms with Gasteiger partial charge in [-0.15, -0.1) is 0 Å². The Morgan fingerprint density at radius 3 is 2.94 bits per heavy atom. The standard InChI is InChI=1S/C13H16FN3O/c1-8(6-15)13-16-7-10(17-13)12-9(14)4-3-5-11(12)18-2/h3-5,7-8H,6,15H2,1-2H3,(H,16,17). The van der Waals surface area contributed by atoms with Crippen LogP contribution >= 0.6 is 0 Å². The van der Waals surface area contributed by atoms with Crippen LogP contribution in [0.1, 0.15) is 18.7 Å². The average molecular weight is 249 g/mol. The molecule has 0 radical (unpaired) electrons. The molecule has 18 heavy (non-hydrogen) atoms. The SMILES string of the molecule is COc1cccc(F)c1-c1cnc(C(C)CN)[nH]1. The zero-order valence-electron chi connectivity index (χ0n) is 10.4. The highest BCUT2D eigenvalue weighted by Crippen LogP contribution is 2.31. The number of H-pyrrole nitrogens is 1. The molecule has 1 heterocycles. The second kappa shape index (κ2) is 5.18. The summed E-state index contributed by atoms with van der Waals surface area (Å²) in [6, 6.07) is 4.72. The monoisotopic (exact) mass is 249 g/mol. The molecule has 1 aromatic heterocycles. The number of aromatic nitrogens is 2. The molecular weight excluding hydrogens is 233 g/mol. The largest absolute Gasteiger partial charge is 0.496 e. The molecule has 0 bridgehead atoms. The first-order valence-electron chi connectivity index (χ1n) is 5.75. The van der Waals surface area contributed by atoms with Crippen LogP contribution in [-0.4, -0.2) is 23.6 Å². The summed E-state index contributed by atoms with van der Waals surface area (Å²) in [4.78, 5) is 7.31. The van der Waals surface area contributed by atoms with E-state index in [9.17, 15) is 4.39 Å². The van der Waals surface area contributed by atoms with Crippen molar-refractivity contribution >= 4 is 0 Å². The van der Waals surface area contributed by atoms with E-state index in [0.717, 1.165) is 5.82 Å². The summed E-state index contributed by atoms with van der Waals surface area (Å²) in [5.74, 6) is 0.991. The van der Waals surface area contributed by atoms with Gasteiger partial charge >= 0.3 is 0 Å². The van der Waals surface area contributed by atoms with Gasteiger partial charge in [-0.3, -0.25) is 0 Å². The molecule has 0 saturated carbocycles. The number of imidazole rings is 1. The molecule has 96 valence electrons. The smallest absolute Gasteiger partial charge is 0.136 e. The first-order chi connectivity index (χ1) is 8.67. The normalized spacial score (nSPS) is 12.4. The van der Waals surface area contributed by atoms with Crippen LogP contribution in [0.15, 0.2) is 24.4 Å². The van der Waals surface area contributed by atoms with E-state index < -0.39 is 0 Å². The minimum Gasteiger partial charge on any atom is -0.496 e. The van der Waals surface area contributed by atoms with Crippen molar-refractivity contribution in [2.45, 2.75) is 12.8 Å². The molecule has 0 aliphatic carbocycles. The molecule has 1 atom stereocenters. The second-order valence-corrected chi connectivity index (χ2v) is 4.14. The van der Waals surface area contributed by atoms with Crippen molar-refractivity contribution in [3.63, 3.8) is 0 Å². The highest BCUT2D eigenvalue weighted by atomic mass is 19.1. The molecule has 0 amide bonds. The number of ether oxygens (including phenoxy) is 1. The summed E-state index contributed by atoms with van der Waals surface area (Å²) in [5, 5.41) is 0. The Bertz CT molecular complexity index is 539. The van der Waals surface area contributed by atoms with Gasteiger partial charge in [-0.2, -0.15) is 0 Å². The molecule has 0 saturated heterocycles. The van der Waals surface area contributed by atoms with Crippen LogP contribution < -0.4 is 10.5 Å². The fourth-order valence-corrected chi connectivity index (χ4v) is 1.76.